The van der Waals surface area contributed by atoms with Crippen LogP contribution in [0.3, 0.4) is 0 Å². The maximum Gasteiger partial charge on any atom is 0.309 e. The molecule has 9 atom stereocenters. The number of hydrogen-bond donors (Lipinski definition) is 4. The molecule has 57 heavy (non-hydrogen) atoms. The molecule has 8 heteroatoms. The third-order valence-corrected chi connectivity index (χ3v) is 17.6. The molecule has 4 saturated carbocycles. The number of ether oxygens (including phenoxy) is 1. The zero-order valence-electron chi connectivity index (χ0n) is 36.9. The van der Waals surface area contributed by atoms with Crippen LogP contribution in [0.25, 0.3) is 0 Å². The number of aliphatic carboxylic acids is 1. The number of hydrogen-bond acceptors (Lipinski definition) is 6. The molecule has 0 amide bonds. The molecular weight excluding hydrogens is 730 g/mol. The summed E-state index contributed by atoms with van der Waals surface area (Å²) in [6.45, 7) is 28.5. The Hall–Kier alpha value is -2.45. The van der Waals surface area contributed by atoms with E-state index >= 15 is 0 Å². The monoisotopic (exact) mass is 804 g/mol. The maximum atomic E-state index is 13.2. The highest BCUT2D eigenvalue weighted by atomic mass is 35.5. The number of nitrogens with two attached hydrogens (primary N) is 1. The number of halogens is 1. The zero-order valence-corrected chi connectivity index (χ0v) is 37.6. The van der Waals surface area contributed by atoms with Gasteiger partial charge in [-0.05, 0) is 160 Å². The van der Waals surface area contributed by atoms with Gasteiger partial charge in [-0.1, -0.05) is 96.0 Å². The van der Waals surface area contributed by atoms with Crippen LogP contribution in [-0.2, 0) is 20.9 Å². The van der Waals surface area contributed by atoms with Crippen LogP contribution in [0.15, 0.2) is 59.2 Å². The van der Waals surface area contributed by atoms with Crippen molar-refractivity contribution in [3.8, 4) is 0 Å². The lowest BCUT2D eigenvalue weighted by atomic mass is 9.32. The molecule has 5 aliphatic rings. The molecule has 0 aliphatic heterocycles. The molecule has 5 N–H and O–H groups in total. The number of carbonyl (C=O) groups is 2. The second-order valence-corrected chi connectivity index (χ2v) is 21.7. The summed E-state index contributed by atoms with van der Waals surface area (Å²) in [5, 5.41) is 14.0. The number of rotatable bonds is 13. The number of allylic oxidation sites excluding steroid dienone is 5. The Morgan fingerprint density at radius 1 is 1.00 bits per heavy atom. The number of hydrazine groups is 1. The Balaban J connectivity index is 1.25. The maximum absolute atomic E-state index is 13.2. The molecule has 6 rings (SSSR count). The zero-order chi connectivity index (χ0) is 41.9. The second-order valence-electron chi connectivity index (χ2n) is 21.2. The van der Waals surface area contributed by atoms with Gasteiger partial charge in [-0.2, -0.15) is 0 Å². The lowest BCUT2D eigenvalue weighted by Gasteiger charge is -2.72. The van der Waals surface area contributed by atoms with Crippen LogP contribution in [0, 0.1) is 56.2 Å². The van der Waals surface area contributed by atoms with Crippen LogP contribution in [-0.4, -0.2) is 29.3 Å². The Morgan fingerprint density at radius 3 is 2.30 bits per heavy atom. The third-order valence-electron chi connectivity index (χ3n) is 17.3. The Kier molecular flexibility index (Phi) is 12.3. The summed E-state index contributed by atoms with van der Waals surface area (Å²) < 4.78 is 6.23. The molecule has 4 fully saturated rings. The van der Waals surface area contributed by atoms with Gasteiger partial charge in [0.1, 0.15) is 6.10 Å². The minimum atomic E-state index is -1.15. The SMILES string of the molecule is C=C(CCC(NN)NCc1ccc(Cl)cc1)[C@@]12CC[C@]3(C)C(CC[C@@H]4C5(C)CC[C@H](OC(=O)CC(C)(C)C(=O)O)C(C)(C)[C@@H]5CC[C@]43C)C1=C(C(C)C)C(=CC)C2. The molecule has 0 saturated heterocycles. The van der Waals surface area contributed by atoms with Gasteiger partial charge in [0, 0.05) is 22.4 Å². The molecule has 5 aliphatic carbocycles. The fourth-order valence-electron chi connectivity index (χ4n) is 13.9. The standard InChI is InChI=1S/C49H74ClN3O4/c1-12-33-27-49(31(4)13-20-39(53-51)52-29-32-14-16-34(50)17-15-32)26-25-47(10)35(42(49)41(33)30(2)3)18-19-37-46(9)23-22-38(57-40(54)28-44(5,6)43(55)56)45(7,8)36(46)21-24-48(37,47)11/h12,14-17,30,35-39,52-53H,4,13,18-29,51H2,1-3,5-11H3,(H,55,56)/t35?,36-,37+,38-,39?,46?,47+,48+,49-/m0/s1. The minimum Gasteiger partial charge on any atom is -0.481 e. The summed E-state index contributed by atoms with van der Waals surface area (Å²) in [6.07, 6.45) is 13.8. The first-order valence-corrected chi connectivity index (χ1v) is 22.4. The summed E-state index contributed by atoms with van der Waals surface area (Å²) >= 11 is 6.13. The molecule has 0 radical (unpaired) electrons. The van der Waals surface area contributed by atoms with Gasteiger partial charge in [-0.25, -0.2) is 5.43 Å². The largest absolute Gasteiger partial charge is 0.481 e. The molecule has 316 valence electrons. The van der Waals surface area contributed by atoms with Crippen LogP contribution < -0.4 is 16.6 Å². The molecule has 0 heterocycles. The highest BCUT2D eigenvalue weighted by Gasteiger charge is 2.70. The summed E-state index contributed by atoms with van der Waals surface area (Å²) in [5.41, 5.74) is 9.55. The fraction of sp³-hybridized carbons (Fsp3) is 0.714. The van der Waals surface area contributed by atoms with Gasteiger partial charge in [-0.15, -0.1) is 0 Å². The number of carboxylic acid groups (broad SMARTS) is 1. The number of benzene rings is 1. The third kappa shape index (κ3) is 7.41. The number of nitrogens with one attached hydrogen (secondary N) is 2. The minimum absolute atomic E-state index is 0.0234. The van der Waals surface area contributed by atoms with Crippen LogP contribution in [0.2, 0.25) is 5.02 Å². The van der Waals surface area contributed by atoms with Crippen molar-refractivity contribution in [1.82, 2.24) is 10.7 Å². The van der Waals surface area contributed by atoms with E-state index in [1.54, 1.807) is 25.0 Å². The van der Waals surface area contributed by atoms with Gasteiger partial charge in [0.05, 0.1) is 18.0 Å². The molecule has 3 unspecified atom stereocenters. The van der Waals surface area contributed by atoms with Crippen LogP contribution >= 0.6 is 11.6 Å². The second kappa shape index (κ2) is 15.9. The predicted octanol–water partition coefficient (Wildman–Crippen LogP) is 11.3. The summed E-state index contributed by atoms with van der Waals surface area (Å²) in [4.78, 5) is 25.0. The molecule has 0 aromatic heterocycles. The Bertz CT molecular complexity index is 1780. The van der Waals surface area contributed by atoms with E-state index in [1.807, 2.05) is 12.1 Å². The van der Waals surface area contributed by atoms with E-state index in [0.717, 1.165) is 50.0 Å². The van der Waals surface area contributed by atoms with Crippen LogP contribution in [0.1, 0.15) is 152 Å². The van der Waals surface area contributed by atoms with Gasteiger partial charge in [0.15, 0.2) is 0 Å². The van der Waals surface area contributed by atoms with Gasteiger partial charge < -0.3 is 9.84 Å². The average Bonchev–Trinajstić information content (AvgIpc) is 3.50. The highest BCUT2D eigenvalue weighted by molar-refractivity contribution is 6.30. The van der Waals surface area contributed by atoms with E-state index in [-0.39, 0.29) is 51.7 Å². The van der Waals surface area contributed by atoms with Gasteiger partial charge >= 0.3 is 11.9 Å². The number of esters is 1. The van der Waals surface area contributed by atoms with E-state index in [1.165, 1.54) is 42.4 Å². The van der Waals surface area contributed by atoms with Crippen molar-refractivity contribution in [3.05, 3.63) is 69.8 Å². The van der Waals surface area contributed by atoms with Gasteiger partial charge in [0.25, 0.3) is 0 Å². The van der Waals surface area contributed by atoms with E-state index < -0.39 is 11.4 Å². The van der Waals surface area contributed by atoms with E-state index in [2.05, 4.69) is 84.3 Å². The predicted molar refractivity (Wildman–Crippen MR) is 232 cm³/mol. The van der Waals surface area contributed by atoms with E-state index in [4.69, 9.17) is 28.8 Å². The van der Waals surface area contributed by atoms with Gasteiger partial charge in [0.2, 0.25) is 0 Å². The number of carbonyl (C=O) groups excluding carboxylic acids is 1. The van der Waals surface area contributed by atoms with Crippen LogP contribution in [0.5, 0.6) is 0 Å². The van der Waals surface area contributed by atoms with E-state index in [0.29, 0.717) is 30.2 Å². The number of carboxylic acids is 1. The molecule has 1 aromatic carbocycles. The molecule has 1 aromatic rings. The van der Waals surface area contributed by atoms with Crippen molar-refractivity contribution in [2.45, 2.75) is 165 Å². The highest BCUT2D eigenvalue weighted by Crippen LogP contribution is 2.78. The van der Waals surface area contributed by atoms with E-state index in [9.17, 15) is 14.7 Å². The summed E-state index contributed by atoms with van der Waals surface area (Å²) in [7, 11) is 0. The first-order valence-electron chi connectivity index (χ1n) is 22.1. The van der Waals surface area contributed by atoms with Crippen molar-refractivity contribution in [1.29, 1.82) is 0 Å². The summed E-state index contributed by atoms with van der Waals surface area (Å²) in [5.74, 6) is 6.73. The first kappa shape index (κ1) is 44.1. The lowest BCUT2D eigenvalue weighted by molar-refractivity contribution is -0.233. The molecule has 0 spiro atoms. The van der Waals surface area contributed by atoms with Crippen molar-refractivity contribution in [3.63, 3.8) is 0 Å². The van der Waals surface area contributed by atoms with Crippen molar-refractivity contribution < 1.29 is 19.4 Å². The molecular formula is C49H74ClN3O4. The average molecular weight is 805 g/mol. The lowest BCUT2D eigenvalue weighted by Crippen LogP contribution is -2.65. The van der Waals surface area contributed by atoms with Crippen molar-refractivity contribution in [2.75, 3.05) is 0 Å². The van der Waals surface area contributed by atoms with Crippen molar-refractivity contribution in [2.24, 2.45) is 62.0 Å². The van der Waals surface area contributed by atoms with Crippen molar-refractivity contribution >= 4 is 23.5 Å². The van der Waals surface area contributed by atoms with Gasteiger partial charge in [-0.3, -0.25) is 20.7 Å². The quantitative estimate of drug-likeness (QED) is 0.0516. The Morgan fingerprint density at radius 2 is 1.68 bits per heavy atom. The van der Waals surface area contributed by atoms with Crippen LogP contribution in [0.4, 0.5) is 0 Å². The fourth-order valence-corrected chi connectivity index (χ4v) is 14.0. The smallest absolute Gasteiger partial charge is 0.309 e. The molecule has 0 bridgehead atoms. The summed E-state index contributed by atoms with van der Waals surface area (Å²) in [6, 6.07) is 7.97. The Labute approximate surface area is 349 Å². The topological polar surface area (TPSA) is 114 Å². The molecule has 7 nitrogen and oxygen atoms in total. The number of fused-ring (bicyclic) bond motifs is 7. The normalized spacial score (nSPS) is 35.9. The first-order chi connectivity index (χ1) is 26.6.